The molecule has 1 aromatic carbocycles. The summed E-state index contributed by atoms with van der Waals surface area (Å²) in [6, 6.07) is 6.12. The van der Waals surface area contributed by atoms with Gasteiger partial charge in [0, 0.05) is 11.6 Å². The van der Waals surface area contributed by atoms with Gasteiger partial charge in [0.2, 0.25) is 0 Å². The molecule has 2 rings (SSSR count). The molecule has 0 aromatic heterocycles. The number of carbonyl (C=O) groups is 1. The number of hydrogen-bond donors (Lipinski definition) is 1. The minimum absolute atomic E-state index is 0.0105. The van der Waals surface area contributed by atoms with E-state index in [1.54, 1.807) is 6.92 Å². The lowest BCUT2D eigenvalue weighted by Gasteiger charge is -2.46. The summed E-state index contributed by atoms with van der Waals surface area (Å²) in [5, 5.41) is 0. The van der Waals surface area contributed by atoms with Crippen molar-refractivity contribution in [2.75, 3.05) is 5.73 Å². The third kappa shape index (κ3) is 1.84. The zero-order valence-electron chi connectivity index (χ0n) is 12.0. The first-order valence-electron chi connectivity index (χ1n) is 6.57. The molecule has 2 nitrogen and oxygen atoms in total. The second kappa shape index (κ2) is 3.84. The van der Waals surface area contributed by atoms with Crippen molar-refractivity contribution in [2.24, 2.45) is 5.92 Å². The van der Waals surface area contributed by atoms with Crippen LogP contribution in [0.5, 0.6) is 0 Å². The number of hydrogen-bond acceptors (Lipinski definition) is 2. The van der Waals surface area contributed by atoms with E-state index in [-0.39, 0.29) is 22.5 Å². The zero-order valence-corrected chi connectivity index (χ0v) is 12.0. The van der Waals surface area contributed by atoms with Gasteiger partial charge < -0.3 is 5.73 Å². The molecule has 0 aliphatic heterocycles. The van der Waals surface area contributed by atoms with Crippen LogP contribution in [0.3, 0.4) is 0 Å². The van der Waals surface area contributed by atoms with Crippen LogP contribution in [-0.2, 0) is 15.6 Å². The van der Waals surface area contributed by atoms with Crippen LogP contribution in [0.15, 0.2) is 18.2 Å². The van der Waals surface area contributed by atoms with Crippen LogP contribution in [-0.4, -0.2) is 5.78 Å². The topological polar surface area (TPSA) is 43.1 Å². The monoisotopic (exact) mass is 245 g/mol. The molecule has 0 saturated carbocycles. The van der Waals surface area contributed by atoms with Gasteiger partial charge in [0.1, 0.15) is 5.78 Å². The average molecular weight is 245 g/mol. The summed E-state index contributed by atoms with van der Waals surface area (Å²) in [7, 11) is 0. The number of rotatable bonds is 1. The lowest BCUT2D eigenvalue weighted by atomic mass is 9.57. The maximum absolute atomic E-state index is 12.0. The van der Waals surface area contributed by atoms with E-state index in [0.29, 0.717) is 0 Å². The molecule has 0 fully saturated rings. The fourth-order valence-corrected chi connectivity index (χ4v) is 3.40. The summed E-state index contributed by atoms with van der Waals surface area (Å²) in [5.41, 5.74) is 9.20. The smallest absolute Gasteiger partial charge is 0.133 e. The Bertz CT molecular complexity index is 500. The van der Waals surface area contributed by atoms with E-state index in [9.17, 15) is 4.79 Å². The number of nitrogen functional groups attached to an aromatic ring is 1. The Balaban J connectivity index is 2.67. The van der Waals surface area contributed by atoms with E-state index >= 15 is 0 Å². The van der Waals surface area contributed by atoms with Crippen molar-refractivity contribution < 1.29 is 4.79 Å². The largest absolute Gasteiger partial charge is 0.399 e. The fraction of sp³-hybridized carbons (Fsp3) is 0.562. The minimum atomic E-state index is -0.107. The molecule has 1 aliphatic rings. The van der Waals surface area contributed by atoms with Gasteiger partial charge in [0.25, 0.3) is 0 Å². The Morgan fingerprint density at radius 1 is 1.22 bits per heavy atom. The number of anilines is 1. The summed E-state index contributed by atoms with van der Waals surface area (Å²) in [6.07, 6.45) is 0.895. The molecule has 1 aromatic rings. The number of ketones is 1. The second-order valence-electron chi connectivity index (χ2n) is 6.78. The summed E-state index contributed by atoms with van der Waals surface area (Å²) >= 11 is 0. The summed E-state index contributed by atoms with van der Waals surface area (Å²) in [5.74, 6) is 0.374. The predicted molar refractivity (Wildman–Crippen MR) is 75.7 cm³/mol. The van der Waals surface area contributed by atoms with E-state index in [0.717, 1.165) is 12.1 Å². The third-order valence-electron chi connectivity index (χ3n) is 4.54. The molecule has 1 atom stereocenters. The molecule has 0 amide bonds. The maximum Gasteiger partial charge on any atom is 0.133 e. The van der Waals surface area contributed by atoms with Gasteiger partial charge in [-0.25, -0.2) is 0 Å². The van der Waals surface area contributed by atoms with Gasteiger partial charge in [-0.2, -0.15) is 0 Å². The van der Waals surface area contributed by atoms with Crippen LogP contribution in [0.1, 0.15) is 52.2 Å². The maximum atomic E-state index is 12.0. The fourth-order valence-electron chi connectivity index (χ4n) is 3.40. The molecular formula is C16H23NO. The van der Waals surface area contributed by atoms with Crippen LogP contribution >= 0.6 is 0 Å². The Labute approximate surface area is 110 Å². The average Bonchev–Trinajstić information content (AvgIpc) is 2.23. The van der Waals surface area contributed by atoms with E-state index < -0.39 is 0 Å². The lowest BCUT2D eigenvalue weighted by Crippen LogP contribution is -2.44. The molecule has 1 aliphatic carbocycles. The van der Waals surface area contributed by atoms with Crippen LogP contribution in [0.2, 0.25) is 0 Å². The number of fused-ring (bicyclic) bond motifs is 1. The standard InChI is InChI=1S/C16H23NO/c1-10(18)14-9-15(2,3)13-8-11(17)6-7-12(13)16(14,4)5/h6-8,14H,9,17H2,1-5H3. The molecule has 0 spiro atoms. The molecule has 0 bridgehead atoms. The van der Waals surface area contributed by atoms with Gasteiger partial charge in [0.15, 0.2) is 0 Å². The number of Topliss-reactive ketones (excluding diaryl/α,β-unsaturated/α-hetero) is 1. The van der Waals surface area contributed by atoms with E-state index in [1.807, 2.05) is 6.07 Å². The highest BCUT2D eigenvalue weighted by molar-refractivity contribution is 5.81. The van der Waals surface area contributed by atoms with Crippen LogP contribution in [0.4, 0.5) is 5.69 Å². The van der Waals surface area contributed by atoms with Gasteiger partial charge in [-0.15, -0.1) is 0 Å². The van der Waals surface area contributed by atoms with Crippen molar-refractivity contribution in [1.82, 2.24) is 0 Å². The Kier molecular flexibility index (Phi) is 2.80. The minimum Gasteiger partial charge on any atom is -0.399 e. The first-order valence-corrected chi connectivity index (χ1v) is 6.57. The van der Waals surface area contributed by atoms with Crippen molar-refractivity contribution in [3.8, 4) is 0 Å². The highest BCUT2D eigenvalue weighted by Crippen LogP contribution is 2.49. The van der Waals surface area contributed by atoms with Gasteiger partial charge in [0.05, 0.1) is 0 Å². The quantitative estimate of drug-likeness (QED) is 0.770. The van der Waals surface area contributed by atoms with Crippen LogP contribution in [0, 0.1) is 5.92 Å². The van der Waals surface area contributed by atoms with Crippen molar-refractivity contribution in [3.05, 3.63) is 29.3 Å². The third-order valence-corrected chi connectivity index (χ3v) is 4.54. The summed E-state index contributed by atoms with van der Waals surface area (Å²) in [6.45, 7) is 10.5. The Morgan fingerprint density at radius 3 is 2.39 bits per heavy atom. The molecule has 1 unspecified atom stereocenters. The second-order valence-corrected chi connectivity index (χ2v) is 6.78. The molecule has 98 valence electrons. The van der Waals surface area contributed by atoms with Crippen molar-refractivity contribution in [3.63, 3.8) is 0 Å². The summed E-state index contributed by atoms with van der Waals surface area (Å²) in [4.78, 5) is 12.0. The van der Waals surface area contributed by atoms with E-state index in [4.69, 9.17) is 5.73 Å². The molecule has 18 heavy (non-hydrogen) atoms. The van der Waals surface area contributed by atoms with E-state index in [1.165, 1.54) is 11.1 Å². The highest BCUT2D eigenvalue weighted by atomic mass is 16.1. The molecular weight excluding hydrogens is 222 g/mol. The van der Waals surface area contributed by atoms with Crippen molar-refractivity contribution in [2.45, 2.75) is 51.9 Å². The SMILES string of the molecule is CC(=O)C1CC(C)(C)c2cc(N)ccc2C1(C)C. The van der Waals surface area contributed by atoms with Crippen molar-refractivity contribution in [1.29, 1.82) is 0 Å². The number of nitrogens with two attached hydrogens (primary N) is 1. The van der Waals surface area contributed by atoms with Gasteiger partial charge >= 0.3 is 0 Å². The first kappa shape index (κ1) is 13.1. The first-order chi connectivity index (χ1) is 8.16. The Hall–Kier alpha value is -1.31. The lowest BCUT2D eigenvalue weighted by molar-refractivity contribution is -0.123. The van der Waals surface area contributed by atoms with Gasteiger partial charge in [-0.3, -0.25) is 4.79 Å². The summed E-state index contributed by atoms with van der Waals surface area (Å²) < 4.78 is 0. The number of benzene rings is 1. The normalized spacial score (nSPS) is 24.4. The number of carbonyl (C=O) groups excluding carboxylic acids is 1. The van der Waals surface area contributed by atoms with Crippen LogP contribution in [0.25, 0.3) is 0 Å². The van der Waals surface area contributed by atoms with E-state index in [2.05, 4.69) is 39.8 Å². The van der Waals surface area contributed by atoms with Gasteiger partial charge in [-0.1, -0.05) is 33.8 Å². The van der Waals surface area contributed by atoms with Crippen LogP contribution < -0.4 is 5.73 Å². The Morgan fingerprint density at radius 2 is 1.83 bits per heavy atom. The molecule has 0 heterocycles. The van der Waals surface area contributed by atoms with Crippen molar-refractivity contribution >= 4 is 11.5 Å². The predicted octanol–water partition coefficient (Wildman–Crippen LogP) is 3.43. The van der Waals surface area contributed by atoms with Gasteiger partial charge in [-0.05, 0) is 47.4 Å². The molecule has 0 radical (unpaired) electrons. The molecule has 2 N–H and O–H groups in total. The zero-order chi connectivity index (χ0) is 13.7. The molecule has 2 heteroatoms. The highest BCUT2D eigenvalue weighted by Gasteiger charge is 2.45. The molecule has 0 saturated heterocycles.